The Balaban J connectivity index is 0.00000147. The molecule has 4 heteroatoms. The van der Waals surface area contributed by atoms with Crippen LogP contribution in [0.2, 0.25) is 0 Å². The molecule has 20 heavy (non-hydrogen) atoms. The molecule has 0 radical (unpaired) electrons. The van der Waals surface area contributed by atoms with Gasteiger partial charge in [-0.25, -0.2) is 4.79 Å². The smallest absolute Gasteiger partial charge is 0.339 e. The van der Waals surface area contributed by atoms with Crippen molar-refractivity contribution >= 4 is 21.7 Å². The van der Waals surface area contributed by atoms with Crippen LogP contribution in [0.3, 0.4) is 0 Å². The molecule has 0 bridgehead atoms. The molecule has 3 aromatic rings. The first-order valence-corrected chi connectivity index (χ1v) is 6.26. The Morgan fingerprint density at radius 1 is 1.10 bits per heavy atom. The zero-order valence-electron chi connectivity index (χ0n) is 11.2. The summed E-state index contributed by atoms with van der Waals surface area (Å²) in [5, 5.41) is 12.1. The molecule has 0 atom stereocenters. The van der Waals surface area contributed by atoms with Gasteiger partial charge in [0.15, 0.2) is 0 Å². The molecule has 0 spiro atoms. The van der Waals surface area contributed by atoms with Crippen LogP contribution < -0.4 is 5.63 Å². The van der Waals surface area contributed by atoms with E-state index in [0.29, 0.717) is 16.5 Å². The van der Waals surface area contributed by atoms with E-state index >= 15 is 0 Å². The largest absolute Gasteiger partial charge is 0.507 e. The first-order valence-electron chi connectivity index (χ1n) is 6.26. The molecule has 0 saturated carbocycles. The molecule has 3 nitrogen and oxygen atoms in total. The summed E-state index contributed by atoms with van der Waals surface area (Å²) in [7, 11) is 0. The minimum atomic E-state index is -0.307. The van der Waals surface area contributed by atoms with E-state index in [-0.39, 0.29) is 38.4 Å². The van der Waals surface area contributed by atoms with Crippen molar-refractivity contribution in [1.82, 2.24) is 0 Å². The van der Waals surface area contributed by atoms with Crippen molar-refractivity contribution in [2.75, 3.05) is 0 Å². The van der Waals surface area contributed by atoms with Gasteiger partial charge in [0, 0.05) is 42.8 Å². The summed E-state index contributed by atoms with van der Waals surface area (Å²) >= 11 is 0. The van der Waals surface area contributed by atoms with Gasteiger partial charge in [-0.3, -0.25) is 0 Å². The number of aromatic hydroxyl groups is 1. The third-order valence-electron chi connectivity index (χ3n) is 3.38. The van der Waals surface area contributed by atoms with Crippen LogP contribution >= 0.6 is 0 Å². The predicted molar refractivity (Wildman–Crippen MR) is 75.7 cm³/mol. The number of benzene rings is 2. The molecule has 0 saturated heterocycles. The van der Waals surface area contributed by atoms with E-state index in [2.05, 4.69) is 0 Å². The first-order chi connectivity index (χ1) is 9.08. The number of phenols is 1. The standard InChI is InChI=1S/C16H14O3.Mo/c1-9(2)13-8-10-6-7-11-12(4-3-5-14(11)17)15(10)19-16(13)18;/h3-9,17H,1-2H3;. The van der Waals surface area contributed by atoms with E-state index in [1.54, 1.807) is 12.1 Å². The Morgan fingerprint density at radius 2 is 1.85 bits per heavy atom. The molecule has 0 aliphatic rings. The van der Waals surface area contributed by atoms with Gasteiger partial charge in [0.2, 0.25) is 0 Å². The van der Waals surface area contributed by atoms with Crippen LogP contribution in [0, 0.1) is 0 Å². The van der Waals surface area contributed by atoms with Crippen molar-refractivity contribution in [3.8, 4) is 5.75 Å². The monoisotopic (exact) mass is 352 g/mol. The summed E-state index contributed by atoms with van der Waals surface area (Å²) in [6, 6.07) is 10.8. The molecule has 102 valence electrons. The Kier molecular flexibility index (Phi) is 4.01. The molecular weight excluding hydrogens is 336 g/mol. The second kappa shape index (κ2) is 5.41. The van der Waals surface area contributed by atoms with Crippen LogP contribution in [0.4, 0.5) is 0 Å². The van der Waals surface area contributed by atoms with Gasteiger partial charge in [0.25, 0.3) is 0 Å². The first kappa shape index (κ1) is 14.8. The van der Waals surface area contributed by atoms with Crippen LogP contribution in [0.1, 0.15) is 25.3 Å². The average Bonchev–Trinajstić information content (AvgIpc) is 2.38. The molecule has 3 rings (SSSR count). The van der Waals surface area contributed by atoms with Gasteiger partial charge in [-0.2, -0.15) is 0 Å². The summed E-state index contributed by atoms with van der Waals surface area (Å²) in [6.07, 6.45) is 0. The average molecular weight is 350 g/mol. The van der Waals surface area contributed by atoms with Crippen molar-refractivity contribution in [2.24, 2.45) is 0 Å². The Bertz CT molecular complexity index is 834. The van der Waals surface area contributed by atoms with Gasteiger partial charge in [-0.15, -0.1) is 0 Å². The number of phenolic OH excluding ortho intramolecular Hbond substituents is 1. The maximum atomic E-state index is 12.0. The number of rotatable bonds is 1. The van der Waals surface area contributed by atoms with Crippen LogP contribution in [-0.2, 0) is 21.1 Å². The topological polar surface area (TPSA) is 50.4 Å². The van der Waals surface area contributed by atoms with Crippen LogP contribution in [0.5, 0.6) is 5.75 Å². The SMILES string of the molecule is CC(C)c1cc2ccc3c(O)cccc3c2oc1=O.[Mo]. The fourth-order valence-corrected chi connectivity index (χ4v) is 2.34. The van der Waals surface area contributed by atoms with E-state index in [1.165, 1.54) is 0 Å². The number of hydrogen-bond donors (Lipinski definition) is 1. The Morgan fingerprint density at radius 3 is 2.55 bits per heavy atom. The van der Waals surface area contributed by atoms with Gasteiger partial charge in [0.1, 0.15) is 11.3 Å². The maximum Gasteiger partial charge on any atom is 0.339 e. The van der Waals surface area contributed by atoms with E-state index in [1.807, 2.05) is 38.1 Å². The Hall–Kier alpha value is -1.60. The summed E-state index contributed by atoms with van der Waals surface area (Å²) in [5.74, 6) is 0.315. The fourth-order valence-electron chi connectivity index (χ4n) is 2.34. The molecular formula is C16H14MoO3. The van der Waals surface area contributed by atoms with Crippen molar-refractivity contribution < 1.29 is 30.6 Å². The van der Waals surface area contributed by atoms with Crippen molar-refractivity contribution in [2.45, 2.75) is 19.8 Å². The van der Waals surface area contributed by atoms with Crippen LogP contribution in [0.25, 0.3) is 21.7 Å². The summed E-state index contributed by atoms with van der Waals surface area (Å²) in [5.41, 5.74) is 0.896. The van der Waals surface area contributed by atoms with Gasteiger partial charge in [-0.05, 0) is 24.1 Å². The second-order valence-corrected chi connectivity index (χ2v) is 5.00. The molecule has 1 aromatic heterocycles. The third-order valence-corrected chi connectivity index (χ3v) is 3.38. The predicted octanol–water partition coefficient (Wildman–Crippen LogP) is 3.77. The summed E-state index contributed by atoms with van der Waals surface area (Å²) < 4.78 is 5.46. The second-order valence-electron chi connectivity index (χ2n) is 5.00. The molecule has 1 heterocycles. The van der Waals surface area contributed by atoms with E-state index in [4.69, 9.17) is 4.42 Å². The van der Waals surface area contributed by atoms with E-state index in [9.17, 15) is 9.90 Å². The molecule has 0 aliphatic heterocycles. The molecule has 0 fully saturated rings. The quantitative estimate of drug-likeness (QED) is 0.413. The van der Waals surface area contributed by atoms with E-state index < -0.39 is 0 Å². The summed E-state index contributed by atoms with van der Waals surface area (Å²) in [4.78, 5) is 12.0. The van der Waals surface area contributed by atoms with Crippen molar-refractivity contribution in [1.29, 1.82) is 0 Å². The molecule has 0 aliphatic carbocycles. The van der Waals surface area contributed by atoms with E-state index in [0.717, 1.165) is 10.8 Å². The normalized spacial score (nSPS) is 10.9. The summed E-state index contributed by atoms with van der Waals surface area (Å²) in [6.45, 7) is 3.93. The minimum Gasteiger partial charge on any atom is -0.507 e. The van der Waals surface area contributed by atoms with Crippen molar-refractivity contribution in [3.63, 3.8) is 0 Å². The van der Waals surface area contributed by atoms with Crippen molar-refractivity contribution in [3.05, 3.63) is 52.4 Å². The molecule has 0 amide bonds. The molecule has 1 N–H and O–H groups in total. The zero-order valence-corrected chi connectivity index (χ0v) is 13.2. The minimum absolute atomic E-state index is 0. The zero-order chi connectivity index (χ0) is 13.6. The third kappa shape index (κ3) is 2.27. The fraction of sp³-hybridized carbons (Fsp3) is 0.188. The van der Waals surface area contributed by atoms with Crippen LogP contribution in [-0.4, -0.2) is 5.11 Å². The molecule has 2 aromatic carbocycles. The maximum absolute atomic E-state index is 12.0. The van der Waals surface area contributed by atoms with Gasteiger partial charge >= 0.3 is 5.63 Å². The molecule has 0 unspecified atom stereocenters. The number of hydrogen-bond acceptors (Lipinski definition) is 3. The van der Waals surface area contributed by atoms with Gasteiger partial charge in [-0.1, -0.05) is 32.0 Å². The van der Waals surface area contributed by atoms with Crippen LogP contribution in [0.15, 0.2) is 45.6 Å². The Labute approximate surface area is 130 Å². The van der Waals surface area contributed by atoms with Gasteiger partial charge < -0.3 is 9.52 Å². The van der Waals surface area contributed by atoms with Gasteiger partial charge in [0.05, 0.1) is 0 Å². The number of fused-ring (bicyclic) bond motifs is 3.